The summed E-state index contributed by atoms with van der Waals surface area (Å²) in [5.74, 6) is 5.71. The summed E-state index contributed by atoms with van der Waals surface area (Å²) in [6.45, 7) is 0.936. The number of alkyl halides is 3. The van der Waals surface area contributed by atoms with Crippen LogP contribution in [0.25, 0.3) is 0 Å². The van der Waals surface area contributed by atoms with Gasteiger partial charge in [-0.05, 0) is 48.5 Å². The van der Waals surface area contributed by atoms with Crippen molar-refractivity contribution >= 4 is 29.0 Å². The second-order valence-electron chi connectivity index (χ2n) is 8.12. The Morgan fingerprint density at radius 2 is 1.85 bits per heavy atom. The van der Waals surface area contributed by atoms with Gasteiger partial charge in [-0.25, -0.2) is 4.98 Å². The molecule has 8 nitrogen and oxygen atoms in total. The Morgan fingerprint density at radius 1 is 1.05 bits per heavy atom. The van der Waals surface area contributed by atoms with Crippen molar-refractivity contribution in [3.05, 3.63) is 94.5 Å². The quantitative estimate of drug-likeness (QED) is 0.310. The number of halogens is 4. The maximum atomic E-state index is 13.6. The maximum absolute atomic E-state index is 13.6. The summed E-state index contributed by atoms with van der Waals surface area (Å²) < 4.78 is 52.1. The summed E-state index contributed by atoms with van der Waals surface area (Å²) in [5, 5.41) is 5.72. The number of carbonyl (C=O) groups is 1. The molecule has 0 radical (unpaired) electrons. The molecule has 1 aliphatic rings. The number of aromatic nitrogens is 3. The number of hydrogen-bond acceptors (Lipinski definition) is 7. The van der Waals surface area contributed by atoms with Crippen LogP contribution in [0.2, 0.25) is 5.02 Å². The Labute approximate surface area is 225 Å². The van der Waals surface area contributed by atoms with Crippen LogP contribution in [-0.2, 0) is 6.18 Å². The van der Waals surface area contributed by atoms with Crippen molar-refractivity contribution < 1.29 is 27.4 Å². The van der Waals surface area contributed by atoms with Gasteiger partial charge in [-0.3, -0.25) is 9.78 Å². The van der Waals surface area contributed by atoms with Gasteiger partial charge in [0, 0.05) is 34.8 Å². The lowest BCUT2D eigenvalue weighted by Gasteiger charge is -2.19. The highest BCUT2D eigenvalue weighted by atomic mass is 35.5. The minimum atomic E-state index is -4.65. The van der Waals surface area contributed by atoms with Crippen LogP contribution in [0.3, 0.4) is 0 Å². The van der Waals surface area contributed by atoms with Crippen molar-refractivity contribution in [2.75, 3.05) is 23.8 Å². The number of hydrogen-bond donors (Lipinski definition) is 2. The van der Waals surface area contributed by atoms with Crippen LogP contribution in [0.5, 0.6) is 17.4 Å². The molecule has 5 rings (SSSR count). The summed E-state index contributed by atoms with van der Waals surface area (Å²) in [4.78, 5) is 25.1. The zero-order chi connectivity index (χ0) is 27.4. The largest absolute Gasteiger partial charge is 0.483 e. The van der Waals surface area contributed by atoms with E-state index in [0.717, 1.165) is 12.1 Å². The Kier molecular flexibility index (Phi) is 7.21. The van der Waals surface area contributed by atoms with E-state index in [1.165, 1.54) is 43.0 Å². The molecule has 1 amide bonds. The van der Waals surface area contributed by atoms with Crippen molar-refractivity contribution in [1.82, 2.24) is 15.0 Å². The molecule has 0 spiro atoms. The molecule has 39 heavy (non-hydrogen) atoms. The van der Waals surface area contributed by atoms with Gasteiger partial charge >= 0.3 is 6.18 Å². The molecule has 3 heterocycles. The van der Waals surface area contributed by atoms with Crippen LogP contribution in [0.1, 0.15) is 27.0 Å². The highest BCUT2D eigenvalue weighted by Crippen LogP contribution is 2.38. The number of pyridine rings is 1. The predicted molar refractivity (Wildman–Crippen MR) is 137 cm³/mol. The minimum Gasteiger partial charge on any atom is -0.483 e. The molecule has 196 valence electrons. The fourth-order valence-corrected chi connectivity index (χ4v) is 3.71. The third-order valence-corrected chi connectivity index (χ3v) is 5.67. The fourth-order valence-electron chi connectivity index (χ4n) is 3.55. The van der Waals surface area contributed by atoms with Gasteiger partial charge in [0.2, 0.25) is 5.75 Å². The number of nitrogens with one attached hydrogen (secondary N) is 2. The number of ether oxygens (including phenoxy) is 2. The van der Waals surface area contributed by atoms with Crippen LogP contribution in [0.4, 0.5) is 24.7 Å². The van der Waals surface area contributed by atoms with Crippen LogP contribution in [0, 0.1) is 11.8 Å². The average Bonchev–Trinajstić information content (AvgIpc) is 2.93. The summed E-state index contributed by atoms with van der Waals surface area (Å²) in [5.41, 5.74) is -0.317. The SMILES string of the molecule is O=C(Nc1cc(C#Cc2ccncc2)cc(C(F)(F)F)c1)c1ccc(Cl)c(Oc2ncnc3c2OCCN3)c1. The Bertz CT molecular complexity index is 1600. The van der Waals surface area contributed by atoms with Crippen LogP contribution >= 0.6 is 11.6 Å². The molecule has 0 saturated carbocycles. The van der Waals surface area contributed by atoms with Crippen molar-refractivity contribution in [2.24, 2.45) is 0 Å². The zero-order valence-corrected chi connectivity index (χ0v) is 20.6. The van der Waals surface area contributed by atoms with Crippen molar-refractivity contribution in [3.63, 3.8) is 0 Å². The van der Waals surface area contributed by atoms with Gasteiger partial charge in [-0.15, -0.1) is 0 Å². The number of benzene rings is 2. The topological polar surface area (TPSA) is 98.3 Å². The second kappa shape index (κ2) is 10.9. The molecule has 2 N–H and O–H groups in total. The van der Waals surface area contributed by atoms with Gasteiger partial charge in [0.05, 0.1) is 17.1 Å². The number of anilines is 2. The first-order valence-corrected chi connectivity index (χ1v) is 11.8. The van der Waals surface area contributed by atoms with E-state index in [-0.39, 0.29) is 33.5 Å². The van der Waals surface area contributed by atoms with E-state index in [0.29, 0.717) is 30.3 Å². The normalized spacial score (nSPS) is 12.2. The third kappa shape index (κ3) is 6.19. The van der Waals surface area contributed by atoms with Gasteiger partial charge in [0.15, 0.2) is 5.82 Å². The van der Waals surface area contributed by atoms with E-state index in [2.05, 4.69) is 37.4 Å². The summed E-state index contributed by atoms with van der Waals surface area (Å²) in [6.07, 6.45) is -0.323. The number of nitrogens with zero attached hydrogens (tertiary/aromatic N) is 3. The molecule has 2 aromatic carbocycles. The van der Waals surface area contributed by atoms with Crippen LogP contribution in [0.15, 0.2) is 67.3 Å². The number of amides is 1. The molecule has 4 aromatic rings. The number of fused-ring (bicyclic) bond motifs is 1. The first-order chi connectivity index (χ1) is 18.8. The highest BCUT2D eigenvalue weighted by molar-refractivity contribution is 6.32. The molecule has 0 aliphatic carbocycles. The molecule has 0 fully saturated rings. The predicted octanol–water partition coefficient (Wildman–Crippen LogP) is 5.79. The Morgan fingerprint density at radius 3 is 2.64 bits per heavy atom. The van der Waals surface area contributed by atoms with Crippen molar-refractivity contribution in [1.29, 1.82) is 0 Å². The molecule has 1 aliphatic heterocycles. The molecule has 0 bridgehead atoms. The molecule has 0 atom stereocenters. The first-order valence-electron chi connectivity index (χ1n) is 11.4. The van der Waals surface area contributed by atoms with E-state index in [1.54, 1.807) is 12.1 Å². The van der Waals surface area contributed by atoms with Gasteiger partial charge in [-0.2, -0.15) is 18.2 Å². The average molecular weight is 552 g/mol. The molecular weight excluding hydrogens is 535 g/mol. The molecule has 2 aromatic heterocycles. The van der Waals surface area contributed by atoms with E-state index in [4.69, 9.17) is 21.1 Å². The van der Waals surface area contributed by atoms with Crippen molar-refractivity contribution in [3.8, 4) is 29.2 Å². The Balaban J connectivity index is 1.41. The smallest absolute Gasteiger partial charge is 0.416 e. The van der Waals surface area contributed by atoms with Gasteiger partial charge < -0.3 is 20.1 Å². The lowest BCUT2D eigenvalue weighted by atomic mass is 10.1. The van der Waals surface area contributed by atoms with E-state index in [1.807, 2.05) is 0 Å². The summed E-state index contributed by atoms with van der Waals surface area (Å²) >= 11 is 6.27. The molecular formula is C27H17ClF3N5O3. The summed E-state index contributed by atoms with van der Waals surface area (Å²) in [6, 6.07) is 10.5. The molecule has 0 unspecified atom stereocenters. The number of carbonyl (C=O) groups excluding carboxylic acids is 1. The Hall–Kier alpha value is -4.82. The fraction of sp³-hybridized carbons (Fsp3) is 0.111. The van der Waals surface area contributed by atoms with Gasteiger partial charge in [-0.1, -0.05) is 23.4 Å². The van der Waals surface area contributed by atoms with Crippen LogP contribution in [-0.4, -0.2) is 34.0 Å². The van der Waals surface area contributed by atoms with E-state index in [9.17, 15) is 18.0 Å². The minimum absolute atomic E-state index is 0.0687. The van der Waals surface area contributed by atoms with Crippen LogP contribution < -0.4 is 20.1 Å². The molecule has 12 heteroatoms. The zero-order valence-electron chi connectivity index (χ0n) is 19.8. The van der Waals surface area contributed by atoms with E-state index < -0.39 is 17.6 Å². The third-order valence-electron chi connectivity index (χ3n) is 5.36. The van der Waals surface area contributed by atoms with Gasteiger partial charge in [0.1, 0.15) is 18.7 Å². The van der Waals surface area contributed by atoms with Crippen molar-refractivity contribution in [2.45, 2.75) is 6.18 Å². The lowest BCUT2D eigenvalue weighted by Crippen LogP contribution is -2.19. The van der Waals surface area contributed by atoms with E-state index >= 15 is 0 Å². The summed E-state index contributed by atoms with van der Waals surface area (Å²) in [7, 11) is 0. The van der Waals surface area contributed by atoms with Gasteiger partial charge in [0.25, 0.3) is 11.8 Å². The molecule has 0 saturated heterocycles. The lowest BCUT2D eigenvalue weighted by molar-refractivity contribution is -0.137. The first kappa shape index (κ1) is 25.8. The monoisotopic (exact) mass is 551 g/mol. The number of rotatable bonds is 4. The second-order valence-corrected chi connectivity index (χ2v) is 8.52. The highest BCUT2D eigenvalue weighted by Gasteiger charge is 2.31. The maximum Gasteiger partial charge on any atom is 0.416 e. The standard InChI is InChI=1S/C27H17ClF3N5O3/c28-21-4-3-18(13-22(21)39-26-23-24(34-15-35-26)33-9-10-38-23)25(37)36-20-12-17(11-19(14-20)27(29,30)31)2-1-16-5-7-32-8-6-16/h3-8,11-15H,9-10H2,(H,36,37)(H,33,34,35).